The van der Waals surface area contributed by atoms with Crippen molar-refractivity contribution in [2.45, 2.75) is 0 Å². The second-order valence-corrected chi connectivity index (χ2v) is 9.82. The highest BCUT2D eigenvalue weighted by Crippen LogP contribution is 2.34. The van der Waals surface area contributed by atoms with Crippen molar-refractivity contribution in [3.8, 4) is 45.3 Å². The number of fused-ring (bicyclic) bond motifs is 2. The Labute approximate surface area is 235 Å². The average molecular weight is 555 g/mol. The van der Waals surface area contributed by atoms with Crippen molar-refractivity contribution in [2.75, 3.05) is 7.11 Å². The quantitative estimate of drug-likeness (QED) is 0.203. The number of hydrogen-bond acceptors (Lipinski definition) is 4. The molecule has 0 saturated heterocycles. The van der Waals surface area contributed by atoms with Crippen molar-refractivity contribution in [3.63, 3.8) is 0 Å². The Morgan fingerprint density at radius 3 is 1.31 bits per heavy atom. The second-order valence-electron chi connectivity index (χ2n) is 9.00. The van der Waals surface area contributed by atoms with Gasteiger partial charge in [-0.15, -0.1) is 0 Å². The first-order valence-electron chi connectivity index (χ1n) is 12.1. The lowest BCUT2D eigenvalue weighted by Gasteiger charge is -2.08. The summed E-state index contributed by atoms with van der Waals surface area (Å²) in [5, 5.41) is 33.2. The normalized spacial score (nSPS) is 10.7. The highest BCUT2D eigenvalue weighted by Gasteiger charge is 2.07. The molecule has 0 heterocycles. The van der Waals surface area contributed by atoms with E-state index in [0.717, 1.165) is 49.5 Å². The molecule has 0 fully saturated rings. The van der Waals surface area contributed by atoms with Gasteiger partial charge < -0.3 is 20.1 Å². The number of ether oxygens (including phenoxy) is 1. The second kappa shape index (κ2) is 11.2. The largest absolute Gasteiger partial charge is 0.508 e. The third-order valence-corrected chi connectivity index (χ3v) is 7.02. The molecule has 0 atom stereocenters. The number of phenols is 3. The highest BCUT2D eigenvalue weighted by atomic mass is 35.5. The number of methoxy groups -OCH3 is 1. The third-order valence-electron chi connectivity index (χ3n) is 6.40. The van der Waals surface area contributed by atoms with Crippen LogP contribution >= 0.6 is 23.2 Å². The zero-order chi connectivity index (χ0) is 27.5. The Morgan fingerprint density at radius 2 is 0.872 bits per heavy atom. The summed E-state index contributed by atoms with van der Waals surface area (Å²) in [6, 6.07) is 33.0. The van der Waals surface area contributed by atoms with Crippen LogP contribution in [-0.4, -0.2) is 22.4 Å². The molecule has 0 spiro atoms. The smallest absolute Gasteiger partial charge is 0.118 e. The Balaban J connectivity index is 0.000000158. The molecule has 0 saturated carbocycles. The van der Waals surface area contributed by atoms with E-state index in [1.807, 2.05) is 66.7 Å². The molecule has 6 heteroatoms. The van der Waals surface area contributed by atoms with E-state index < -0.39 is 0 Å². The summed E-state index contributed by atoms with van der Waals surface area (Å²) in [4.78, 5) is 0. The molecule has 6 aromatic carbocycles. The van der Waals surface area contributed by atoms with Gasteiger partial charge in [0.05, 0.1) is 7.11 Å². The van der Waals surface area contributed by atoms with Gasteiger partial charge in [-0.25, -0.2) is 0 Å². The summed E-state index contributed by atoms with van der Waals surface area (Å²) in [5.41, 5.74) is 4.07. The summed E-state index contributed by atoms with van der Waals surface area (Å²) >= 11 is 12.6. The zero-order valence-corrected chi connectivity index (χ0v) is 22.4. The van der Waals surface area contributed by atoms with Gasteiger partial charge in [-0.3, -0.25) is 0 Å². The number of aromatic hydroxyl groups is 3. The first kappa shape index (κ1) is 26.2. The Kier molecular flexibility index (Phi) is 7.51. The van der Waals surface area contributed by atoms with Crippen LogP contribution in [-0.2, 0) is 0 Å². The van der Waals surface area contributed by atoms with Gasteiger partial charge in [0.25, 0.3) is 0 Å². The molecule has 0 bridgehead atoms. The molecule has 0 aliphatic heterocycles. The van der Waals surface area contributed by atoms with E-state index in [9.17, 15) is 15.3 Å². The average Bonchev–Trinajstić information content (AvgIpc) is 2.94. The van der Waals surface area contributed by atoms with Crippen molar-refractivity contribution < 1.29 is 20.1 Å². The SMILES string of the molecule is COc1ccc(-c2cc(Cl)c3cc(O)ccc3c2)cc1.Oc1ccc(-c2cc(Cl)c3cc(O)ccc3c2)cc1. The fraction of sp³-hybridized carbons (Fsp3) is 0.0303. The molecule has 3 N–H and O–H groups in total. The molecule has 194 valence electrons. The molecule has 0 amide bonds. The van der Waals surface area contributed by atoms with Crippen LogP contribution in [0.25, 0.3) is 43.8 Å². The molecular formula is C33H24Cl2O4. The Morgan fingerprint density at radius 1 is 0.462 bits per heavy atom. The number of hydrogen-bond donors (Lipinski definition) is 3. The van der Waals surface area contributed by atoms with Crippen LogP contribution in [0.5, 0.6) is 23.0 Å². The van der Waals surface area contributed by atoms with Crippen molar-refractivity contribution in [3.05, 3.63) is 119 Å². The lowest BCUT2D eigenvalue weighted by Crippen LogP contribution is -1.84. The molecule has 0 unspecified atom stereocenters. The van der Waals surface area contributed by atoms with E-state index in [1.165, 1.54) is 0 Å². The molecule has 0 aromatic heterocycles. The van der Waals surface area contributed by atoms with E-state index in [4.69, 9.17) is 27.9 Å². The van der Waals surface area contributed by atoms with Crippen LogP contribution in [0.4, 0.5) is 0 Å². The van der Waals surface area contributed by atoms with Gasteiger partial charge in [0.2, 0.25) is 0 Å². The first-order chi connectivity index (χ1) is 18.8. The van der Waals surface area contributed by atoms with Crippen LogP contribution in [0, 0.1) is 0 Å². The van der Waals surface area contributed by atoms with Crippen molar-refractivity contribution in [2.24, 2.45) is 0 Å². The van der Waals surface area contributed by atoms with Crippen molar-refractivity contribution in [1.82, 2.24) is 0 Å². The Hall–Kier alpha value is -4.38. The molecule has 6 aromatic rings. The molecule has 39 heavy (non-hydrogen) atoms. The lowest BCUT2D eigenvalue weighted by atomic mass is 10.0. The van der Waals surface area contributed by atoms with E-state index in [1.54, 1.807) is 43.5 Å². The van der Waals surface area contributed by atoms with Gasteiger partial charge in [-0.1, -0.05) is 59.6 Å². The molecule has 6 rings (SSSR count). The number of phenolic OH excluding ortho intramolecular Hbond substituents is 3. The van der Waals surface area contributed by atoms with Gasteiger partial charge in [0.1, 0.15) is 23.0 Å². The van der Waals surface area contributed by atoms with Crippen LogP contribution in [0.3, 0.4) is 0 Å². The maximum atomic E-state index is 9.53. The predicted molar refractivity (Wildman–Crippen MR) is 160 cm³/mol. The maximum absolute atomic E-state index is 9.53. The van der Waals surface area contributed by atoms with Crippen molar-refractivity contribution in [1.29, 1.82) is 0 Å². The van der Waals surface area contributed by atoms with Crippen LogP contribution < -0.4 is 4.74 Å². The van der Waals surface area contributed by atoms with E-state index >= 15 is 0 Å². The summed E-state index contributed by atoms with van der Waals surface area (Å²) in [5.74, 6) is 1.48. The third kappa shape index (κ3) is 5.88. The standard InChI is InChI=1S/C17H13ClO2.C16H11ClO2/c1-20-15-6-3-11(4-7-15)13-8-12-2-5-14(19)10-16(12)17(18)9-13;17-16-8-12(10-1-4-13(18)5-2-10)7-11-3-6-14(19)9-15(11)16/h2-10,19H,1H3;1-9,18-19H. The fourth-order valence-electron chi connectivity index (χ4n) is 4.37. The summed E-state index contributed by atoms with van der Waals surface area (Å²) in [6.45, 7) is 0. The maximum Gasteiger partial charge on any atom is 0.118 e. The molecule has 4 nitrogen and oxygen atoms in total. The molecule has 0 radical (unpaired) electrons. The van der Waals surface area contributed by atoms with Crippen LogP contribution in [0.2, 0.25) is 10.0 Å². The topological polar surface area (TPSA) is 69.9 Å². The zero-order valence-electron chi connectivity index (χ0n) is 20.9. The number of benzene rings is 6. The minimum absolute atomic E-state index is 0.201. The monoisotopic (exact) mass is 554 g/mol. The van der Waals surface area contributed by atoms with Crippen LogP contribution in [0.1, 0.15) is 0 Å². The molecule has 0 aliphatic carbocycles. The minimum atomic E-state index is 0.201. The summed E-state index contributed by atoms with van der Waals surface area (Å²) in [6.07, 6.45) is 0. The summed E-state index contributed by atoms with van der Waals surface area (Å²) < 4.78 is 5.16. The first-order valence-corrected chi connectivity index (χ1v) is 12.8. The number of rotatable bonds is 3. The summed E-state index contributed by atoms with van der Waals surface area (Å²) in [7, 11) is 1.65. The van der Waals surface area contributed by atoms with E-state index in [2.05, 4.69) is 6.07 Å². The molecule has 0 aliphatic rings. The fourth-order valence-corrected chi connectivity index (χ4v) is 4.93. The van der Waals surface area contributed by atoms with Gasteiger partial charge in [-0.05, 0) is 106 Å². The van der Waals surface area contributed by atoms with Crippen molar-refractivity contribution >= 4 is 44.7 Å². The Bertz CT molecular complexity index is 1780. The number of halogens is 2. The van der Waals surface area contributed by atoms with E-state index in [0.29, 0.717) is 10.0 Å². The lowest BCUT2D eigenvalue weighted by molar-refractivity contribution is 0.415. The molecular weight excluding hydrogens is 531 g/mol. The highest BCUT2D eigenvalue weighted by molar-refractivity contribution is 6.36. The predicted octanol–water partition coefficient (Wildman–Crippen LogP) is 9.45. The van der Waals surface area contributed by atoms with Gasteiger partial charge >= 0.3 is 0 Å². The van der Waals surface area contributed by atoms with Gasteiger partial charge in [-0.2, -0.15) is 0 Å². The van der Waals surface area contributed by atoms with Gasteiger partial charge in [0.15, 0.2) is 0 Å². The van der Waals surface area contributed by atoms with Crippen LogP contribution in [0.15, 0.2) is 109 Å². The van der Waals surface area contributed by atoms with E-state index in [-0.39, 0.29) is 17.2 Å². The minimum Gasteiger partial charge on any atom is -0.508 e. The van der Waals surface area contributed by atoms with Gasteiger partial charge in [0, 0.05) is 20.8 Å².